The Bertz CT molecular complexity index is 502. The topological polar surface area (TPSA) is 38.1 Å². The number of nitrogens with one attached hydrogen (secondary N) is 1. The first-order chi connectivity index (χ1) is 8.72. The highest BCUT2D eigenvalue weighted by atomic mass is 32.2. The lowest BCUT2D eigenvalue weighted by atomic mass is 10.1. The van der Waals surface area contributed by atoms with Gasteiger partial charge in [-0.1, -0.05) is 13.0 Å². The predicted molar refractivity (Wildman–Crippen MR) is 69.1 cm³/mol. The summed E-state index contributed by atoms with van der Waals surface area (Å²) < 4.78 is 19.1. The van der Waals surface area contributed by atoms with Gasteiger partial charge in [0.2, 0.25) is 0 Å². The standard InChI is InChI=1S/C13H15FN2OS/c1-3-15-9(2)12-10(14)5-4-6-11(12)18-13-16-7-8-17-13/h4-9,15H,3H2,1-2H3. The molecule has 1 N–H and O–H groups in total. The van der Waals surface area contributed by atoms with Crippen molar-refractivity contribution in [3.8, 4) is 0 Å². The van der Waals surface area contributed by atoms with Crippen LogP contribution < -0.4 is 5.32 Å². The fourth-order valence-corrected chi connectivity index (χ4v) is 2.73. The summed E-state index contributed by atoms with van der Waals surface area (Å²) in [5.41, 5.74) is 0.655. The molecule has 96 valence electrons. The summed E-state index contributed by atoms with van der Waals surface area (Å²) in [4.78, 5) is 4.87. The third-order valence-electron chi connectivity index (χ3n) is 2.56. The van der Waals surface area contributed by atoms with E-state index in [1.807, 2.05) is 19.9 Å². The second-order valence-corrected chi connectivity index (χ2v) is 4.82. The zero-order valence-electron chi connectivity index (χ0n) is 10.3. The van der Waals surface area contributed by atoms with Crippen LogP contribution in [0, 0.1) is 5.82 Å². The number of hydrogen-bond acceptors (Lipinski definition) is 4. The Morgan fingerprint density at radius 2 is 2.33 bits per heavy atom. The maximum absolute atomic E-state index is 13.9. The van der Waals surface area contributed by atoms with Gasteiger partial charge in [-0.25, -0.2) is 9.37 Å². The first-order valence-corrected chi connectivity index (χ1v) is 6.63. The van der Waals surface area contributed by atoms with Crippen LogP contribution >= 0.6 is 11.8 Å². The van der Waals surface area contributed by atoms with Gasteiger partial charge in [0.25, 0.3) is 5.22 Å². The predicted octanol–water partition coefficient (Wildman–Crippen LogP) is 3.64. The van der Waals surface area contributed by atoms with E-state index < -0.39 is 0 Å². The third-order valence-corrected chi connectivity index (χ3v) is 3.52. The fourth-order valence-electron chi connectivity index (χ4n) is 1.79. The number of oxazole rings is 1. The van der Waals surface area contributed by atoms with Crippen LogP contribution in [0.2, 0.25) is 0 Å². The normalized spacial score (nSPS) is 12.6. The molecule has 1 unspecified atom stereocenters. The van der Waals surface area contributed by atoms with Crippen molar-refractivity contribution in [1.29, 1.82) is 0 Å². The van der Waals surface area contributed by atoms with Gasteiger partial charge in [0.05, 0.1) is 6.20 Å². The SMILES string of the molecule is CCNC(C)c1c(F)cccc1Sc1ncco1. The van der Waals surface area contributed by atoms with Crippen LogP contribution in [0.3, 0.4) is 0 Å². The van der Waals surface area contributed by atoms with Crippen LogP contribution in [0.4, 0.5) is 4.39 Å². The lowest BCUT2D eigenvalue weighted by Crippen LogP contribution is -2.19. The van der Waals surface area contributed by atoms with E-state index in [4.69, 9.17) is 4.42 Å². The smallest absolute Gasteiger partial charge is 0.260 e. The molecule has 0 amide bonds. The van der Waals surface area contributed by atoms with Crippen LogP contribution in [0.1, 0.15) is 25.5 Å². The number of nitrogens with zero attached hydrogens (tertiary/aromatic N) is 1. The van der Waals surface area contributed by atoms with Crippen LogP contribution in [0.5, 0.6) is 0 Å². The molecule has 0 spiro atoms. The van der Waals surface area contributed by atoms with Crippen LogP contribution in [0.15, 0.2) is 45.2 Å². The highest BCUT2D eigenvalue weighted by molar-refractivity contribution is 7.99. The van der Waals surface area contributed by atoms with Gasteiger partial charge in [-0.05, 0) is 37.4 Å². The molecule has 0 aliphatic rings. The van der Waals surface area contributed by atoms with E-state index >= 15 is 0 Å². The fraction of sp³-hybridized carbons (Fsp3) is 0.308. The lowest BCUT2D eigenvalue weighted by molar-refractivity contribution is 0.453. The van der Waals surface area contributed by atoms with Crippen LogP contribution in [-0.4, -0.2) is 11.5 Å². The van der Waals surface area contributed by atoms with Crippen molar-refractivity contribution >= 4 is 11.8 Å². The van der Waals surface area contributed by atoms with Gasteiger partial charge in [0, 0.05) is 16.5 Å². The molecule has 0 aliphatic carbocycles. The minimum atomic E-state index is -0.208. The van der Waals surface area contributed by atoms with Gasteiger partial charge in [-0.3, -0.25) is 0 Å². The van der Waals surface area contributed by atoms with Gasteiger partial charge < -0.3 is 9.73 Å². The van der Waals surface area contributed by atoms with Crippen molar-refractivity contribution in [2.45, 2.75) is 30.0 Å². The monoisotopic (exact) mass is 266 g/mol. The number of benzene rings is 1. The Balaban J connectivity index is 2.31. The largest absolute Gasteiger partial charge is 0.440 e. The van der Waals surface area contributed by atoms with Gasteiger partial charge in [-0.2, -0.15) is 0 Å². The van der Waals surface area contributed by atoms with Crippen molar-refractivity contribution in [1.82, 2.24) is 10.3 Å². The van der Waals surface area contributed by atoms with E-state index in [9.17, 15) is 4.39 Å². The summed E-state index contributed by atoms with van der Waals surface area (Å²) in [6, 6.07) is 5.00. The summed E-state index contributed by atoms with van der Waals surface area (Å²) >= 11 is 1.33. The van der Waals surface area contributed by atoms with Crippen molar-refractivity contribution < 1.29 is 8.81 Å². The molecule has 2 rings (SSSR count). The first kappa shape index (κ1) is 13.1. The Morgan fingerprint density at radius 3 is 3.00 bits per heavy atom. The van der Waals surface area contributed by atoms with Crippen LogP contribution in [0.25, 0.3) is 0 Å². The number of rotatable bonds is 5. The van der Waals surface area contributed by atoms with Crippen LogP contribution in [-0.2, 0) is 0 Å². The van der Waals surface area contributed by atoms with Crippen molar-refractivity contribution in [3.63, 3.8) is 0 Å². The van der Waals surface area contributed by atoms with Crippen molar-refractivity contribution in [3.05, 3.63) is 42.0 Å². The highest BCUT2D eigenvalue weighted by Crippen LogP contribution is 2.33. The minimum Gasteiger partial charge on any atom is -0.440 e. The molecular weight excluding hydrogens is 251 g/mol. The van der Waals surface area contributed by atoms with Gasteiger partial charge in [0.15, 0.2) is 0 Å². The van der Waals surface area contributed by atoms with E-state index in [1.165, 1.54) is 24.1 Å². The molecule has 2 aromatic rings. The molecule has 0 saturated carbocycles. The summed E-state index contributed by atoms with van der Waals surface area (Å²) in [6.07, 6.45) is 3.09. The molecule has 1 aromatic carbocycles. The molecule has 0 fully saturated rings. The molecular formula is C13H15FN2OS. The molecule has 3 nitrogen and oxygen atoms in total. The average molecular weight is 266 g/mol. The quantitative estimate of drug-likeness (QED) is 0.896. The number of hydrogen-bond donors (Lipinski definition) is 1. The molecule has 0 aliphatic heterocycles. The Kier molecular flexibility index (Phi) is 4.38. The number of aromatic nitrogens is 1. The van der Waals surface area contributed by atoms with Crippen molar-refractivity contribution in [2.75, 3.05) is 6.54 Å². The summed E-state index contributed by atoms with van der Waals surface area (Å²) in [5.74, 6) is -0.208. The highest BCUT2D eigenvalue weighted by Gasteiger charge is 2.16. The molecule has 0 radical (unpaired) electrons. The minimum absolute atomic E-state index is 0.0475. The Morgan fingerprint density at radius 1 is 1.50 bits per heavy atom. The molecule has 0 saturated heterocycles. The first-order valence-electron chi connectivity index (χ1n) is 5.81. The van der Waals surface area contributed by atoms with Gasteiger partial charge in [-0.15, -0.1) is 0 Å². The zero-order chi connectivity index (χ0) is 13.0. The second-order valence-electron chi connectivity index (χ2n) is 3.83. The van der Waals surface area contributed by atoms with E-state index in [0.29, 0.717) is 10.8 Å². The van der Waals surface area contributed by atoms with Crippen molar-refractivity contribution in [2.24, 2.45) is 0 Å². The average Bonchev–Trinajstić information content (AvgIpc) is 2.82. The Hall–Kier alpha value is -1.33. The molecule has 18 heavy (non-hydrogen) atoms. The molecule has 1 atom stereocenters. The number of halogens is 1. The lowest BCUT2D eigenvalue weighted by Gasteiger charge is -2.16. The van der Waals surface area contributed by atoms with E-state index in [2.05, 4.69) is 10.3 Å². The molecule has 5 heteroatoms. The summed E-state index contributed by atoms with van der Waals surface area (Å²) in [5, 5.41) is 3.74. The van der Waals surface area contributed by atoms with E-state index in [-0.39, 0.29) is 11.9 Å². The summed E-state index contributed by atoms with van der Waals surface area (Å²) in [7, 11) is 0. The molecule has 1 aromatic heterocycles. The van der Waals surface area contributed by atoms with E-state index in [0.717, 1.165) is 11.4 Å². The maximum Gasteiger partial charge on any atom is 0.260 e. The molecule has 0 bridgehead atoms. The van der Waals surface area contributed by atoms with Gasteiger partial charge in [0.1, 0.15) is 12.1 Å². The summed E-state index contributed by atoms with van der Waals surface area (Å²) in [6.45, 7) is 4.73. The zero-order valence-corrected chi connectivity index (χ0v) is 11.1. The Labute approximate surface area is 110 Å². The van der Waals surface area contributed by atoms with Gasteiger partial charge >= 0.3 is 0 Å². The maximum atomic E-state index is 13.9. The molecule has 1 heterocycles. The van der Waals surface area contributed by atoms with E-state index in [1.54, 1.807) is 12.3 Å². The third kappa shape index (κ3) is 2.91. The second kappa shape index (κ2) is 6.02.